The molecule has 0 heterocycles. The molecule has 432 valence electrons. The summed E-state index contributed by atoms with van der Waals surface area (Å²) < 4.78 is 16.9. The minimum atomic E-state index is -0.776. The Hall–Kier alpha value is -3.41. The van der Waals surface area contributed by atoms with Crippen LogP contribution in [-0.4, -0.2) is 37.2 Å². The lowest BCUT2D eigenvalue weighted by atomic mass is 10.0. The van der Waals surface area contributed by atoms with Crippen LogP contribution in [0, 0.1) is 0 Å². The molecular formula is C69H120O6. The molecule has 0 saturated heterocycles. The van der Waals surface area contributed by atoms with Crippen molar-refractivity contribution in [2.75, 3.05) is 13.2 Å². The summed E-state index contributed by atoms with van der Waals surface area (Å²) in [7, 11) is 0. The van der Waals surface area contributed by atoms with Crippen molar-refractivity contribution in [2.24, 2.45) is 0 Å². The lowest BCUT2D eigenvalue weighted by Crippen LogP contribution is -2.30. The minimum Gasteiger partial charge on any atom is -0.462 e. The van der Waals surface area contributed by atoms with Gasteiger partial charge in [-0.15, -0.1) is 0 Å². The molecule has 0 bridgehead atoms. The van der Waals surface area contributed by atoms with Crippen molar-refractivity contribution in [2.45, 2.75) is 322 Å². The first-order valence-corrected chi connectivity index (χ1v) is 32.1. The van der Waals surface area contributed by atoms with E-state index in [0.29, 0.717) is 19.3 Å². The number of rotatable bonds is 58. The van der Waals surface area contributed by atoms with E-state index in [1.165, 1.54) is 167 Å². The standard InChI is InChI=1S/C69H120O6/c1-4-7-10-13-16-19-22-24-26-27-28-29-30-31-32-33-34-35-36-37-38-39-40-41-42-43-44-46-47-50-53-56-59-62-68(71)74-65-66(64-73-67(70)61-58-55-52-49-21-18-15-12-9-6-3)75-69(72)63-60-57-54-51-48-45-25-23-20-17-14-11-8-5-2/h7,10,12,15-16,19,24,26,28-29,31-32,34-35,66H,4-6,8-9,11,13-14,17-18,20-23,25,27,30,33,36-65H2,1-3H3/b10-7-,15-12-,19-16-,26-24-,29-28-,32-31-,35-34-. The molecule has 0 saturated carbocycles. The Kier molecular flexibility index (Phi) is 60.3. The van der Waals surface area contributed by atoms with E-state index in [1.807, 2.05) is 0 Å². The lowest BCUT2D eigenvalue weighted by Gasteiger charge is -2.18. The van der Waals surface area contributed by atoms with Gasteiger partial charge >= 0.3 is 17.9 Å². The van der Waals surface area contributed by atoms with E-state index in [4.69, 9.17) is 14.2 Å². The van der Waals surface area contributed by atoms with Crippen molar-refractivity contribution in [1.29, 1.82) is 0 Å². The number of esters is 3. The summed E-state index contributed by atoms with van der Waals surface area (Å²) in [5.74, 6) is -0.874. The maximum absolute atomic E-state index is 12.8. The average Bonchev–Trinajstić information content (AvgIpc) is 3.41. The van der Waals surface area contributed by atoms with Crippen molar-refractivity contribution in [1.82, 2.24) is 0 Å². The molecule has 0 aromatic heterocycles. The smallest absolute Gasteiger partial charge is 0.306 e. The average molecular weight is 1050 g/mol. The molecule has 6 nitrogen and oxygen atoms in total. The summed E-state index contributed by atoms with van der Waals surface area (Å²) in [4.78, 5) is 38.1. The molecule has 1 unspecified atom stereocenters. The molecule has 1 atom stereocenters. The van der Waals surface area contributed by atoms with Crippen molar-refractivity contribution in [3.63, 3.8) is 0 Å². The van der Waals surface area contributed by atoms with Crippen LogP contribution in [0.1, 0.15) is 316 Å². The summed E-state index contributed by atoms with van der Waals surface area (Å²) in [6.45, 7) is 6.48. The first kappa shape index (κ1) is 71.6. The maximum atomic E-state index is 12.8. The second-order valence-electron chi connectivity index (χ2n) is 21.3. The van der Waals surface area contributed by atoms with Gasteiger partial charge in [0.05, 0.1) is 0 Å². The van der Waals surface area contributed by atoms with E-state index in [0.717, 1.165) is 109 Å². The SMILES string of the molecule is CC/C=C\C/C=C\C/C=C\C/C=C\C/C=C\C/C=C\CCCCCCCCCCCCCCCCC(=O)OCC(COC(=O)CCCCCCC/C=C\CCC)OC(=O)CCCCCCCCCCCCCCCC. The third kappa shape index (κ3) is 61.3. The van der Waals surface area contributed by atoms with Crippen LogP contribution >= 0.6 is 0 Å². The van der Waals surface area contributed by atoms with Gasteiger partial charge in [0.1, 0.15) is 13.2 Å². The molecule has 75 heavy (non-hydrogen) atoms. The van der Waals surface area contributed by atoms with Gasteiger partial charge in [0.2, 0.25) is 0 Å². The summed E-state index contributed by atoms with van der Waals surface area (Å²) in [6, 6.07) is 0. The molecule has 0 spiro atoms. The molecule has 0 fully saturated rings. The van der Waals surface area contributed by atoms with Gasteiger partial charge in [-0.2, -0.15) is 0 Å². The first-order chi connectivity index (χ1) is 37.0. The second-order valence-corrected chi connectivity index (χ2v) is 21.3. The molecule has 6 heteroatoms. The zero-order chi connectivity index (χ0) is 54.3. The van der Waals surface area contributed by atoms with Crippen molar-refractivity contribution in [3.05, 3.63) is 85.1 Å². The van der Waals surface area contributed by atoms with E-state index in [9.17, 15) is 14.4 Å². The fourth-order valence-electron chi connectivity index (χ4n) is 9.10. The van der Waals surface area contributed by atoms with Crippen molar-refractivity contribution < 1.29 is 28.6 Å². The zero-order valence-electron chi connectivity index (χ0n) is 49.6. The number of carbonyl (C=O) groups is 3. The van der Waals surface area contributed by atoms with E-state index in [-0.39, 0.29) is 31.1 Å². The molecule has 0 N–H and O–H groups in total. The Bertz CT molecular complexity index is 1430. The van der Waals surface area contributed by atoms with Gasteiger partial charge in [-0.05, 0) is 89.9 Å². The Labute approximate surface area is 465 Å². The third-order valence-electron chi connectivity index (χ3n) is 13.9. The van der Waals surface area contributed by atoms with Crippen LogP contribution in [-0.2, 0) is 28.6 Å². The monoisotopic (exact) mass is 1040 g/mol. The van der Waals surface area contributed by atoms with Gasteiger partial charge in [-0.1, -0.05) is 292 Å². The number of ether oxygens (including phenoxy) is 3. The summed E-state index contributed by atoms with van der Waals surface area (Å²) in [6.07, 6.45) is 83.2. The number of hydrogen-bond donors (Lipinski definition) is 0. The molecular weight excluding hydrogens is 925 g/mol. The van der Waals surface area contributed by atoms with Gasteiger partial charge < -0.3 is 14.2 Å². The first-order valence-electron chi connectivity index (χ1n) is 32.1. The second kappa shape index (κ2) is 63.1. The Balaban J connectivity index is 4.10. The van der Waals surface area contributed by atoms with Crippen LogP contribution < -0.4 is 0 Å². The van der Waals surface area contributed by atoms with Gasteiger partial charge in [0, 0.05) is 19.3 Å². The zero-order valence-corrected chi connectivity index (χ0v) is 49.6. The topological polar surface area (TPSA) is 78.9 Å². The molecule has 0 aliphatic rings. The third-order valence-corrected chi connectivity index (χ3v) is 13.9. The number of hydrogen-bond acceptors (Lipinski definition) is 6. The fraction of sp³-hybridized carbons (Fsp3) is 0.754. The van der Waals surface area contributed by atoms with Gasteiger partial charge in [-0.25, -0.2) is 0 Å². The Morgan fingerprint density at radius 1 is 0.280 bits per heavy atom. The largest absolute Gasteiger partial charge is 0.462 e. The Morgan fingerprint density at radius 2 is 0.547 bits per heavy atom. The van der Waals surface area contributed by atoms with Crippen LogP contribution in [0.5, 0.6) is 0 Å². The van der Waals surface area contributed by atoms with Crippen molar-refractivity contribution in [3.8, 4) is 0 Å². The van der Waals surface area contributed by atoms with Crippen LogP contribution in [0.15, 0.2) is 85.1 Å². The highest BCUT2D eigenvalue weighted by Gasteiger charge is 2.19. The van der Waals surface area contributed by atoms with Crippen molar-refractivity contribution >= 4 is 17.9 Å². The van der Waals surface area contributed by atoms with Crippen LogP contribution in [0.25, 0.3) is 0 Å². The van der Waals surface area contributed by atoms with Crippen LogP contribution in [0.2, 0.25) is 0 Å². The summed E-state index contributed by atoms with van der Waals surface area (Å²) in [5.41, 5.74) is 0. The number of allylic oxidation sites excluding steroid dienone is 14. The maximum Gasteiger partial charge on any atom is 0.306 e. The Morgan fingerprint density at radius 3 is 0.880 bits per heavy atom. The number of carbonyl (C=O) groups excluding carboxylic acids is 3. The highest BCUT2D eigenvalue weighted by molar-refractivity contribution is 5.71. The molecule has 0 aliphatic carbocycles. The quantitative estimate of drug-likeness (QED) is 0.0261. The highest BCUT2D eigenvalue weighted by Crippen LogP contribution is 2.17. The predicted molar refractivity (Wildman–Crippen MR) is 325 cm³/mol. The molecule has 0 radical (unpaired) electrons. The van der Waals surface area contributed by atoms with Crippen LogP contribution in [0.3, 0.4) is 0 Å². The van der Waals surface area contributed by atoms with E-state index in [2.05, 4.69) is 106 Å². The molecule has 0 aliphatic heterocycles. The normalized spacial score (nSPS) is 12.6. The molecule has 0 amide bonds. The van der Waals surface area contributed by atoms with Crippen LogP contribution in [0.4, 0.5) is 0 Å². The van der Waals surface area contributed by atoms with Gasteiger partial charge in [0.25, 0.3) is 0 Å². The van der Waals surface area contributed by atoms with Gasteiger partial charge in [0.15, 0.2) is 6.10 Å². The molecule has 0 rings (SSSR count). The lowest BCUT2D eigenvalue weighted by molar-refractivity contribution is -0.167. The number of unbranched alkanes of at least 4 members (excludes halogenated alkanes) is 33. The highest BCUT2D eigenvalue weighted by atomic mass is 16.6. The van der Waals surface area contributed by atoms with E-state index in [1.54, 1.807) is 0 Å². The minimum absolute atomic E-state index is 0.0750. The fourth-order valence-corrected chi connectivity index (χ4v) is 9.10. The predicted octanol–water partition coefficient (Wildman–Crippen LogP) is 21.9. The summed E-state index contributed by atoms with van der Waals surface area (Å²) in [5, 5.41) is 0. The van der Waals surface area contributed by atoms with Gasteiger partial charge in [-0.3, -0.25) is 14.4 Å². The van der Waals surface area contributed by atoms with E-state index >= 15 is 0 Å². The summed E-state index contributed by atoms with van der Waals surface area (Å²) >= 11 is 0. The molecule has 0 aromatic rings. The molecule has 0 aromatic carbocycles. The van der Waals surface area contributed by atoms with E-state index < -0.39 is 6.10 Å².